The molecule has 29 heavy (non-hydrogen) atoms. The van der Waals surface area contributed by atoms with Crippen LogP contribution < -0.4 is 14.8 Å². The van der Waals surface area contributed by atoms with E-state index >= 15 is 0 Å². The van der Waals surface area contributed by atoms with Crippen LogP contribution in [0, 0.1) is 6.92 Å². The Labute approximate surface area is 172 Å². The summed E-state index contributed by atoms with van der Waals surface area (Å²) in [6, 6.07) is 10.7. The number of nitrogens with one attached hydrogen (secondary N) is 2. The number of benzene rings is 2. The van der Waals surface area contributed by atoms with Gasteiger partial charge < -0.3 is 10.1 Å². The molecule has 0 aromatic heterocycles. The molecule has 0 bridgehead atoms. The van der Waals surface area contributed by atoms with E-state index in [-0.39, 0.29) is 23.5 Å². The van der Waals surface area contributed by atoms with Crippen LogP contribution in [0.15, 0.2) is 41.3 Å². The first-order valence-electron chi connectivity index (χ1n) is 10.0. The molecule has 0 atom stereocenters. The van der Waals surface area contributed by atoms with Crippen molar-refractivity contribution in [1.82, 2.24) is 4.72 Å². The molecule has 0 saturated heterocycles. The number of carbonyl (C=O) groups is 1. The van der Waals surface area contributed by atoms with Gasteiger partial charge in [-0.2, -0.15) is 0 Å². The molecule has 2 aromatic carbocycles. The molecular weight excluding hydrogens is 388 g/mol. The lowest BCUT2D eigenvalue weighted by molar-refractivity contribution is -0.118. The third-order valence-electron chi connectivity index (χ3n) is 4.98. The Morgan fingerprint density at radius 1 is 1.10 bits per heavy atom. The Morgan fingerprint density at radius 2 is 1.76 bits per heavy atom. The van der Waals surface area contributed by atoms with E-state index in [4.69, 9.17) is 4.74 Å². The molecule has 0 spiro atoms. The van der Waals surface area contributed by atoms with Gasteiger partial charge in [0.05, 0.1) is 4.90 Å². The van der Waals surface area contributed by atoms with Crippen LogP contribution in [0.1, 0.15) is 43.4 Å². The van der Waals surface area contributed by atoms with Gasteiger partial charge in [-0.25, -0.2) is 13.1 Å². The van der Waals surface area contributed by atoms with Crippen LogP contribution >= 0.6 is 0 Å². The molecule has 0 radical (unpaired) electrons. The molecule has 0 heterocycles. The van der Waals surface area contributed by atoms with E-state index < -0.39 is 10.0 Å². The van der Waals surface area contributed by atoms with E-state index in [0.29, 0.717) is 11.3 Å². The van der Waals surface area contributed by atoms with E-state index in [1.54, 1.807) is 19.1 Å². The maximum absolute atomic E-state index is 12.4. The summed E-state index contributed by atoms with van der Waals surface area (Å²) in [5.41, 5.74) is 3.70. The molecule has 1 aliphatic carbocycles. The Balaban J connectivity index is 1.65. The van der Waals surface area contributed by atoms with E-state index in [9.17, 15) is 13.2 Å². The Hall–Kier alpha value is -2.38. The standard InChI is InChI=1S/C22H28N2O4S/c1-4-16-7-6-8-17(5-2)22(16)23-21(25)14-28-20-12-11-19(13-15(20)3)29(26,27)24-18-9-10-18/h6-8,11-13,18,24H,4-5,9-10,14H2,1-3H3,(H,23,25). The molecule has 1 fully saturated rings. The van der Waals surface area contributed by atoms with Crippen molar-refractivity contribution in [2.24, 2.45) is 0 Å². The van der Waals surface area contributed by atoms with E-state index in [1.165, 1.54) is 6.07 Å². The molecule has 1 aliphatic rings. The highest BCUT2D eigenvalue weighted by Crippen LogP contribution is 2.26. The second kappa shape index (κ2) is 8.97. The van der Waals surface area contributed by atoms with Gasteiger partial charge in [-0.3, -0.25) is 4.79 Å². The van der Waals surface area contributed by atoms with Crippen molar-refractivity contribution >= 4 is 21.6 Å². The molecule has 6 nitrogen and oxygen atoms in total. The van der Waals surface area contributed by atoms with Crippen LogP contribution in [0.4, 0.5) is 5.69 Å². The highest BCUT2D eigenvalue weighted by atomic mass is 32.2. The molecular formula is C22H28N2O4S. The number of hydrogen-bond donors (Lipinski definition) is 2. The first-order valence-corrected chi connectivity index (χ1v) is 11.5. The molecule has 2 N–H and O–H groups in total. The zero-order valence-electron chi connectivity index (χ0n) is 17.1. The number of sulfonamides is 1. The molecule has 156 valence electrons. The van der Waals surface area contributed by atoms with E-state index in [1.807, 2.05) is 18.2 Å². The molecule has 0 aliphatic heterocycles. The van der Waals surface area contributed by atoms with Crippen LogP contribution in [0.25, 0.3) is 0 Å². The average Bonchev–Trinajstić information content (AvgIpc) is 3.50. The van der Waals surface area contributed by atoms with Crippen LogP contribution in [-0.2, 0) is 27.7 Å². The fraction of sp³-hybridized carbons (Fsp3) is 0.409. The summed E-state index contributed by atoms with van der Waals surface area (Å²) in [5, 5.41) is 2.97. The summed E-state index contributed by atoms with van der Waals surface area (Å²) in [7, 11) is -3.51. The molecule has 3 rings (SSSR count). The minimum atomic E-state index is -3.51. The summed E-state index contributed by atoms with van der Waals surface area (Å²) >= 11 is 0. The van der Waals surface area contributed by atoms with Gasteiger partial charge in [-0.1, -0.05) is 32.0 Å². The number of amides is 1. The first kappa shape index (κ1) is 21.3. The lowest BCUT2D eigenvalue weighted by atomic mass is 10.0. The SMILES string of the molecule is CCc1cccc(CC)c1NC(=O)COc1ccc(S(=O)(=O)NC2CC2)cc1C. The zero-order chi connectivity index (χ0) is 21.0. The van der Waals surface area contributed by atoms with Crippen LogP contribution in [0.2, 0.25) is 0 Å². The highest BCUT2D eigenvalue weighted by Gasteiger charge is 2.28. The second-order valence-electron chi connectivity index (χ2n) is 7.32. The molecule has 0 unspecified atom stereocenters. The third-order valence-corrected chi connectivity index (χ3v) is 6.50. The van der Waals surface area contributed by atoms with E-state index in [2.05, 4.69) is 23.9 Å². The number of rotatable bonds is 9. The van der Waals surface area contributed by atoms with Crippen molar-refractivity contribution in [2.75, 3.05) is 11.9 Å². The highest BCUT2D eigenvalue weighted by molar-refractivity contribution is 7.89. The topological polar surface area (TPSA) is 84.5 Å². The summed E-state index contributed by atoms with van der Waals surface area (Å²) < 4.78 is 33.0. The van der Waals surface area contributed by atoms with Crippen molar-refractivity contribution in [2.45, 2.75) is 57.4 Å². The summed E-state index contributed by atoms with van der Waals surface area (Å²) in [6.45, 7) is 5.73. The van der Waals surface area contributed by atoms with Crippen LogP contribution in [0.3, 0.4) is 0 Å². The Bertz CT molecular complexity index is 976. The van der Waals surface area contributed by atoms with Crippen molar-refractivity contribution in [3.63, 3.8) is 0 Å². The van der Waals surface area contributed by atoms with Crippen molar-refractivity contribution in [3.8, 4) is 5.75 Å². The number of para-hydroxylation sites is 1. The van der Waals surface area contributed by atoms with Gasteiger partial charge in [0.1, 0.15) is 5.75 Å². The minimum Gasteiger partial charge on any atom is -0.483 e. The zero-order valence-corrected chi connectivity index (χ0v) is 17.9. The van der Waals surface area contributed by atoms with Gasteiger partial charge in [0.15, 0.2) is 6.61 Å². The number of hydrogen-bond acceptors (Lipinski definition) is 4. The lowest BCUT2D eigenvalue weighted by Gasteiger charge is -2.15. The van der Waals surface area contributed by atoms with Crippen LogP contribution in [-0.4, -0.2) is 27.0 Å². The minimum absolute atomic E-state index is 0.0546. The smallest absolute Gasteiger partial charge is 0.262 e. The van der Waals surface area contributed by atoms with Crippen molar-refractivity contribution in [3.05, 3.63) is 53.1 Å². The number of aryl methyl sites for hydroxylation is 3. The van der Waals surface area contributed by atoms with Crippen LogP contribution in [0.5, 0.6) is 5.75 Å². The number of anilines is 1. The predicted octanol–water partition coefficient (Wildman–Crippen LogP) is 3.58. The monoisotopic (exact) mass is 416 g/mol. The van der Waals surface area contributed by atoms with Crippen molar-refractivity contribution in [1.29, 1.82) is 0 Å². The van der Waals surface area contributed by atoms with Crippen molar-refractivity contribution < 1.29 is 17.9 Å². The fourth-order valence-electron chi connectivity index (χ4n) is 3.16. The fourth-order valence-corrected chi connectivity index (χ4v) is 4.55. The molecule has 1 amide bonds. The quantitative estimate of drug-likeness (QED) is 0.654. The van der Waals surface area contributed by atoms with Gasteiger partial charge in [0.25, 0.3) is 5.91 Å². The average molecular weight is 417 g/mol. The van der Waals surface area contributed by atoms with Gasteiger partial charge in [0.2, 0.25) is 10.0 Å². The number of carbonyl (C=O) groups excluding carboxylic acids is 1. The summed E-state index contributed by atoms with van der Waals surface area (Å²) in [4.78, 5) is 12.7. The summed E-state index contributed by atoms with van der Waals surface area (Å²) in [6.07, 6.45) is 3.42. The van der Waals surface area contributed by atoms with E-state index in [0.717, 1.165) is 42.5 Å². The van der Waals surface area contributed by atoms with Gasteiger partial charge in [-0.15, -0.1) is 0 Å². The Morgan fingerprint density at radius 3 is 2.31 bits per heavy atom. The van der Waals surface area contributed by atoms with Gasteiger partial charge in [-0.05, 0) is 67.5 Å². The normalized spacial score (nSPS) is 13.9. The summed E-state index contributed by atoms with van der Waals surface area (Å²) in [5.74, 6) is 0.247. The lowest BCUT2D eigenvalue weighted by Crippen LogP contribution is -2.25. The molecule has 7 heteroatoms. The van der Waals surface area contributed by atoms with Gasteiger partial charge in [0, 0.05) is 11.7 Å². The predicted molar refractivity (Wildman–Crippen MR) is 114 cm³/mol. The molecule has 1 saturated carbocycles. The maximum Gasteiger partial charge on any atom is 0.262 e. The second-order valence-corrected chi connectivity index (χ2v) is 9.03. The first-order chi connectivity index (χ1) is 13.8. The molecule has 2 aromatic rings. The largest absolute Gasteiger partial charge is 0.483 e. The third kappa shape index (κ3) is 5.36. The van der Waals surface area contributed by atoms with Gasteiger partial charge >= 0.3 is 0 Å². The Kier molecular flexibility index (Phi) is 6.59. The number of ether oxygens (including phenoxy) is 1. The maximum atomic E-state index is 12.4.